The maximum Gasteiger partial charge on any atom is 0.336 e. The minimum Gasteiger partial charge on any atom is -0.478 e. The summed E-state index contributed by atoms with van der Waals surface area (Å²) in [5.74, 6) is -0.910. The van der Waals surface area contributed by atoms with Gasteiger partial charge in [-0.3, -0.25) is 4.99 Å². The Bertz CT molecular complexity index is 626. The highest BCUT2D eigenvalue weighted by atomic mass is 16.4. The lowest BCUT2D eigenvalue weighted by atomic mass is 10.1. The lowest BCUT2D eigenvalue weighted by Gasteiger charge is -2.09. The average molecular weight is 226 g/mol. The number of carboxylic acids is 1. The summed E-state index contributed by atoms with van der Waals surface area (Å²) in [6.07, 6.45) is 3.69. The van der Waals surface area contributed by atoms with Crippen LogP contribution in [0.1, 0.15) is 21.6 Å². The van der Waals surface area contributed by atoms with Crippen molar-refractivity contribution in [2.24, 2.45) is 4.99 Å². The van der Waals surface area contributed by atoms with Gasteiger partial charge in [0.25, 0.3) is 0 Å². The van der Waals surface area contributed by atoms with E-state index in [2.05, 4.69) is 4.99 Å². The molecule has 0 aliphatic carbocycles. The summed E-state index contributed by atoms with van der Waals surface area (Å²) >= 11 is 0. The van der Waals surface area contributed by atoms with Gasteiger partial charge in [0.15, 0.2) is 0 Å². The topological polar surface area (TPSA) is 54.6 Å². The molecule has 0 fully saturated rings. The molecule has 1 aromatic heterocycles. The van der Waals surface area contributed by atoms with E-state index < -0.39 is 5.97 Å². The first kappa shape index (κ1) is 9.84. The third-order valence-electron chi connectivity index (χ3n) is 2.91. The van der Waals surface area contributed by atoms with Crippen LogP contribution in [0, 0.1) is 0 Å². The Balaban J connectivity index is 2.22. The van der Waals surface area contributed by atoms with Gasteiger partial charge in [-0.2, -0.15) is 0 Å². The summed E-state index contributed by atoms with van der Waals surface area (Å²) in [5.41, 5.74) is 2.79. The van der Waals surface area contributed by atoms with Gasteiger partial charge in [-0.05, 0) is 24.3 Å². The van der Waals surface area contributed by atoms with E-state index in [1.54, 1.807) is 18.3 Å². The fourth-order valence-corrected chi connectivity index (χ4v) is 2.06. The zero-order valence-corrected chi connectivity index (χ0v) is 9.00. The van der Waals surface area contributed by atoms with Crippen molar-refractivity contribution < 1.29 is 9.90 Å². The molecule has 2 heterocycles. The van der Waals surface area contributed by atoms with Gasteiger partial charge in [-0.1, -0.05) is 6.07 Å². The van der Waals surface area contributed by atoms with Gasteiger partial charge in [0.05, 0.1) is 29.7 Å². The molecule has 17 heavy (non-hydrogen) atoms. The lowest BCUT2D eigenvalue weighted by Crippen LogP contribution is -2.07. The molecule has 1 aromatic carbocycles. The first-order chi connectivity index (χ1) is 8.25. The van der Waals surface area contributed by atoms with Crippen LogP contribution in [0.2, 0.25) is 0 Å². The Hall–Kier alpha value is -2.36. The molecule has 1 N–H and O–H groups in total. The highest BCUT2D eigenvalue weighted by molar-refractivity contribution is 5.92. The highest BCUT2D eigenvalue weighted by Crippen LogP contribution is 2.26. The van der Waals surface area contributed by atoms with E-state index in [0.717, 1.165) is 16.9 Å². The maximum absolute atomic E-state index is 11.2. The first-order valence-electron chi connectivity index (χ1n) is 5.30. The van der Waals surface area contributed by atoms with Gasteiger partial charge in [0.1, 0.15) is 0 Å². The summed E-state index contributed by atoms with van der Waals surface area (Å²) < 4.78 is 1.99. The van der Waals surface area contributed by atoms with Crippen molar-refractivity contribution in [3.8, 4) is 0 Å². The minimum absolute atomic E-state index is 0.321. The van der Waals surface area contributed by atoms with Gasteiger partial charge < -0.3 is 9.67 Å². The first-order valence-corrected chi connectivity index (χ1v) is 5.30. The SMILES string of the molecule is O=C(O)c1cccc2c1Cn1cccc1C=N2. The molecule has 0 atom stereocenters. The number of hydrogen-bond donors (Lipinski definition) is 1. The molecule has 0 bridgehead atoms. The highest BCUT2D eigenvalue weighted by Gasteiger charge is 2.16. The molecule has 84 valence electrons. The van der Waals surface area contributed by atoms with E-state index in [1.807, 2.05) is 29.0 Å². The van der Waals surface area contributed by atoms with Gasteiger partial charge >= 0.3 is 5.97 Å². The molecule has 1 aliphatic rings. The summed E-state index contributed by atoms with van der Waals surface area (Å²) in [7, 11) is 0. The van der Waals surface area contributed by atoms with Gasteiger partial charge in [0.2, 0.25) is 0 Å². The molecule has 0 saturated carbocycles. The van der Waals surface area contributed by atoms with Crippen LogP contribution in [-0.2, 0) is 6.54 Å². The Morgan fingerprint density at radius 1 is 1.29 bits per heavy atom. The number of carbonyl (C=O) groups is 1. The van der Waals surface area contributed by atoms with E-state index in [0.29, 0.717) is 12.1 Å². The number of nitrogens with zero attached hydrogens (tertiary/aromatic N) is 2. The fraction of sp³-hybridized carbons (Fsp3) is 0.0769. The summed E-state index contributed by atoms with van der Waals surface area (Å²) in [5, 5.41) is 9.17. The molecule has 2 aromatic rings. The second kappa shape index (κ2) is 3.59. The number of aliphatic imine (C=N–C) groups is 1. The number of hydrogen-bond acceptors (Lipinski definition) is 2. The smallest absolute Gasteiger partial charge is 0.336 e. The monoisotopic (exact) mass is 226 g/mol. The van der Waals surface area contributed by atoms with Crippen molar-refractivity contribution >= 4 is 17.9 Å². The second-order valence-corrected chi connectivity index (χ2v) is 3.93. The predicted octanol–water partition coefficient (Wildman–Crippen LogP) is 2.30. The number of carboxylic acid groups (broad SMARTS) is 1. The number of fused-ring (bicyclic) bond motifs is 2. The number of benzene rings is 1. The molecule has 0 amide bonds. The van der Waals surface area contributed by atoms with Gasteiger partial charge in [0, 0.05) is 11.8 Å². The van der Waals surface area contributed by atoms with E-state index in [1.165, 1.54) is 0 Å². The molecular weight excluding hydrogens is 216 g/mol. The molecule has 4 nitrogen and oxygen atoms in total. The molecule has 3 rings (SSSR count). The summed E-state index contributed by atoms with van der Waals surface area (Å²) in [4.78, 5) is 15.5. The second-order valence-electron chi connectivity index (χ2n) is 3.93. The van der Waals surface area contributed by atoms with Crippen LogP contribution >= 0.6 is 0 Å². The zero-order valence-electron chi connectivity index (χ0n) is 9.00. The van der Waals surface area contributed by atoms with Crippen molar-refractivity contribution in [2.75, 3.05) is 0 Å². The molecule has 0 saturated heterocycles. The van der Waals surface area contributed by atoms with Crippen LogP contribution in [0.5, 0.6) is 0 Å². The summed E-state index contributed by atoms with van der Waals surface area (Å²) in [6, 6.07) is 9.06. The Kier molecular flexibility index (Phi) is 2.08. The van der Waals surface area contributed by atoms with Crippen molar-refractivity contribution in [1.29, 1.82) is 0 Å². The van der Waals surface area contributed by atoms with Crippen LogP contribution in [0.4, 0.5) is 5.69 Å². The predicted molar refractivity (Wildman–Crippen MR) is 64.2 cm³/mol. The van der Waals surface area contributed by atoms with E-state index in [9.17, 15) is 9.90 Å². The fourth-order valence-electron chi connectivity index (χ4n) is 2.06. The normalized spacial score (nSPS) is 12.7. The van der Waals surface area contributed by atoms with Crippen molar-refractivity contribution in [3.05, 3.63) is 53.3 Å². The third-order valence-corrected chi connectivity index (χ3v) is 2.91. The number of rotatable bonds is 1. The van der Waals surface area contributed by atoms with Gasteiger partial charge in [-0.15, -0.1) is 0 Å². The average Bonchev–Trinajstić information content (AvgIpc) is 2.67. The van der Waals surface area contributed by atoms with Gasteiger partial charge in [-0.25, -0.2) is 4.79 Å². The van der Waals surface area contributed by atoms with Crippen LogP contribution < -0.4 is 0 Å². The van der Waals surface area contributed by atoms with E-state index >= 15 is 0 Å². The van der Waals surface area contributed by atoms with Crippen LogP contribution in [0.3, 0.4) is 0 Å². The van der Waals surface area contributed by atoms with E-state index in [-0.39, 0.29) is 0 Å². The molecule has 0 spiro atoms. The van der Waals surface area contributed by atoms with Crippen molar-refractivity contribution in [2.45, 2.75) is 6.54 Å². The summed E-state index contributed by atoms with van der Waals surface area (Å²) in [6.45, 7) is 0.542. The number of aromatic carboxylic acids is 1. The maximum atomic E-state index is 11.2. The molecule has 0 unspecified atom stereocenters. The Labute approximate surface area is 97.8 Å². The van der Waals surface area contributed by atoms with Crippen LogP contribution in [-0.4, -0.2) is 21.9 Å². The largest absolute Gasteiger partial charge is 0.478 e. The van der Waals surface area contributed by atoms with Crippen molar-refractivity contribution in [3.63, 3.8) is 0 Å². The molecule has 4 heteroatoms. The quantitative estimate of drug-likeness (QED) is 0.692. The zero-order chi connectivity index (χ0) is 11.8. The molecule has 0 radical (unpaired) electrons. The minimum atomic E-state index is -0.910. The standard InChI is InChI=1S/C13H10N2O2/c16-13(17)10-4-1-5-12-11(10)8-15-6-2-3-9(15)7-14-12/h1-7H,8H2,(H,16,17). The van der Waals surface area contributed by atoms with Crippen LogP contribution in [0.25, 0.3) is 0 Å². The molecule has 1 aliphatic heterocycles. The number of aromatic nitrogens is 1. The Morgan fingerprint density at radius 2 is 2.18 bits per heavy atom. The van der Waals surface area contributed by atoms with E-state index in [4.69, 9.17) is 0 Å². The molecular formula is C13H10N2O2. The Morgan fingerprint density at radius 3 is 3.00 bits per heavy atom. The van der Waals surface area contributed by atoms with Crippen LogP contribution in [0.15, 0.2) is 41.5 Å². The lowest BCUT2D eigenvalue weighted by molar-refractivity contribution is 0.0695. The van der Waals surface area contributed by atoms with Crippen molar-refractivity contribution in [1.82, 2.24) is 4.57 Å². The third kappa shape index (κ3) is 1.54.